The first-order valence-electron chi connectivity index (χ1n) is 7.77. The highest BCUT2D eigenvalue weighted by molar-refractivity contribution is 7.91. The lowest BCUT2D eigenvalue weighted by Crippen LogP contribution is -2.36. The summed E-state index contributed by atoms with van der Waals surface area (Å²) < 4.78 is 28.1. The van der Waals surface area contributed by atoms with Gasteiger partial charge in [-0.1, -0.05) is 37.3 Å². The maximum Gasteiger partial charge on any atom is 0.303 e. The summed E-state index contributed by atoms with van der Waals surface area (Å²) in [5, 5.41) is 8.90. The summed E-state index contributed by atoms with van der Waals surface area (Å²) in [6.45, 7) is 1.97. The van der Waals surface area contributed by atoms with E-state index in [0.717, 1.165) is 16.9 Å². The largest absolute Gasteiger partial charge is 0.481 e. The Morgan fingerprint density at radius 3 is 2.50 bits per heavy atom. The van der Waals surface area contributed by atoms with E-state index >= 15 is 0 Å². The molecule has 0 saturated carbocycles. The molecule has 1 heterocycles. The number of aryl methyl sites for hydroxylation is 1. The molecule has 2 aromatic rings. The average molecular weight is 367 g/mol. The van der Waals surface area contributed by atoms with Gasteiger partial charge < -0.3 is 5.11 Å². The van der Waals surface area contributed by atoms with E-state index < -0.39 is 22.0 Å². The Balaban J connectivity index is 2.15. The number of nitrogens with one attached hydrogen (secondary N) is 1. The van der Waals surface area contributed by atoms with Crippen molar-refractivity contribution in [2.45, 2.75) is 42.9 Å². The van der Waals surface area contributed by atoms with Crippen LogP contribution in [0.3, 0.4) is 0 Å². The molecule has 24 heavy (non-hydrogen) atoms. The highest BCUT2D eigenvalue weighted by Gasteiger charge is 2.22. The van der Waals surface area contributed by atoms with E-state index in [1.54, 1.807) is 6.07 Å². The second kappa shape index (κ2) is 8.41. The van der Waals surface area contributed by atoms with Crippen LogP contribution in [0.25, 0.3) is 0 Å². The van der Waals surface area contributed by atoms with E-state index in [2.05, 4.69) is 4.72 Å². The van der Waals surface area contributed by atoms with Gasteiger partial charge in [-0.2, -0.15) is 0 Å². The molecule has 0 saturated heterocycles. The van der Waals surface area contributed by atoms with Gasteiger partial charge in [0.15, 0.2) is 0 Å². The third-order valence-corrected chi connectivity index (χ3v) is 6.85. The highest BCUT2D eigenvalue weighted by Crippen LogP contribution is 2.23. The first-order chi connectivity index (χ1) is 11.4. The molecule has 2 N–H and O–H groups in total. The number of carboxylic acid groups (broad SMARTS) is 1. The Kier molecular flexibility index (Phi) is 6.53. The molecule has 0 fully saturated rings. The van der Waals surface area contributed by atoms with Crippen LogP contribution in [-0.2, 0) is 27.7 Å². The zero-order chi connectivity index (χ0) is 17.6. The molecule has 1 atom stereocenters. The number of rotatable bonds is 9. The molecule has 1 aromatic heterocycles. The Bertz CT molecular complexity index is 769. The van der Waals surface area contributed by atoms with Crippen molar-refractivity contribution in [2.75, 3.05) is 0 Å². The van der Waals surface area contributed by atoms with Crippen LogP contribution in [-0.4, -0.2) is 25.5 Å². The van der Waals surface area contributed by atoms with Crippen LogP contribution in [0.1, 0.15) is 30.2 Å². The highest BCUT2D eigenvalue weighted by atomic mass is 32.2. The number of hydrogen-bond donors (Lipinski definition) is 2. The van der Waals surface area contributed by atoms with Crippen molar-refractivity contribution in [3.05, 3.63) is 52.9 Å². The standard InChI is InChI=1S/C17H21NO4S2/c1-2-15-9-11-17(23-15)24(21,22)18-14(8-10-16(19)20)12-13-6-4-3-5-7-13/h3-7,9,11,14,18H,2,8,10,12H2,1H3,(H,19,20). The third kappa shape index (κ3) is 5.43. The number of carboxylic acids is 1. The number of benzene rings is 1. The zero-order valence-electron chi connectivity index (χ0n) is 13.4. The van der Waals surface area contributed by atoms with Gasteiger partial charge in [-0.3, -0.25) is 4.79 Å². The summed E-state index contributed by atoms with van der Waals surface area (Å²) in [6.07, 6.45) is 1.41. The van der Waals surface area contributed by atoms with E-state index in [1.165, 1.54) is 11.3 Å². The fourth-order valence-electron chi connectivity index (χ4n) is 2.37. The van der Waals surface area contributed by atoms with E-state index in [9.17, 15) is 13.2 Å². The Labute approximate surface area is 146 Å². The number of sulfonamides is 1. The van der Waals surface area contributed by atoms with Crippen molar-refractivity contribution in [3.8, 4) is 0 Å². The number of aliphatic carboxylic acids is 1. The molecular weight excluding hydrogens is 346 g/mol. The maximum absolute atomic E-state index is 12.6. The van der Waals surface area contributed by atoms with E-state index in [0.29, 0.717) is 6.42 Å². The minimum absolute atomic E-state index is 0.0787. The molecule has 0 amide bonds. The van der Waals surface area contributed by atoms with Gasteiger partial charge in [-0.25, -0.2) is 13.1 Å². The van der Waals surface area contributed by atoms with Crippen LogP contribution in [0.2, 0.25) is 0 Å². The first-order valence-corrected chi connectivity index (χ1v) is 10.1. The normalized spacial score (nSPS) is 12.9. The van der Waals surface area contributed by atoms with Gasteiger partial charge in [0.2, 0.25) is 10.0 Å². The van der Waals surface area contributed by atoms with Crippen molar-refractivity contribution in [3.63, 3.8) is 0 Å². The van der Waals surface area contributed by atoms with Gasteiger partial charge in [0.1, 0.15) is 4.21 Å². The van der Waals surface area contributed by atoms with Crippen molar-refractivity contribution in [1.29, 1.82) is 0 Å². The number of carbonyl (C=O) groups is 1. The van der Waals surface area contributed by atoms with Gasteiger partial charge in [0.25, 0.3) is 0 Å². The van der Waals surface area contributed by atoms with E-state index in [4.69, 9.17) is 5.11 Å². The predicted octanol–water partition coefficient (Wildman–Crippen LogP) is 3.06. The van der Waals surface area contributed by atoms with Gasteiger partial charge in [-0.15, -0.1) is 11.3 Å². The Morgan fingerprint density at radius 1 is 1.21 bits per heavy atom. The van der Waals surface area contributed by atoms with Crippen LogP contribution in [0.4, 0.5) is 0 Å². The quantitative estimate of drug-likeness (QED) is 0.713. The molecule has 2 rings (SSSR count). The Morgan fingerprint density at radius 2 is 1.92 bits per heavy atom. The van der Waals surface area contributed by atoms with Crippen molar-refractivity contribution >= 4 is 27.3 Å². The minimum atomic E-state index is -3.64. The predicted molar refractivity (Wildman–Crippen MR) is 94.8 cm³/mol. The smallest absolute Gasteiger partial charge is 0.303 e. The third-order valence-electron chi connectivity index (χ3n) is 3.60. The number of hydrogen-bond acceptors (Lipinski definition) is 4. The summed E-state index contributed by atoms with van der Waals surface area (Å²) in [4.78, 5) is 11.9. The molecule has 1 aromatic carbocycles. The Hall–Kier alpha value is -1.70. The second-order valence-corrected chi connectivity index (χ2v) is 8.62. The molecule has 7 heteroatoms. The zero-order valence-corrected chi connectivity index (χ0v) is 15.1. The fraction of sp³-hybridized carbons (Fsp3) is 0.353. The fourth-order valence-corrected chi connectivity index (χ4v) is 4.95. The van der Waals surface area contributed by atoms with Crippen molar-refractivity contribution < 1.29 is 18.3 Å². The topological polar surface area (TPSA) is 83.5 Å². The van der Waals surface area contributed by atoms with Crippen LogP contribution >= 0.6 is 11.3 Å². The van der Waals surface area contributed by atoms with Gasteiger partial charge in [0.05, 0.1) is 0 Å². The van der Waals surface area contributed by atoms with Crippen molar-refractivity contribution in [1.82, 2.24) is 4.72 Å². The summed E-state index contributed by atoms with van der Waals surface area (Å²) in [5.74, 6) is -0.934. The first kappa shape index (κ1) is 18.6. The average Bonchev–Trinajstić information content (AvgIpc) is 3.03. The monoisotopic (exact) mass is 367 g/mol. The molecule has 1 unspecified atom stereocenters. The molecule has 0 aliphatic carbocycles. The molecule has 0 aliphatic rings. The number of thiophene rings is 1. The van der Waals surface area contributed by atoms with Crippen LogP contribution in [0.15, 0.2) is 46.7 Å². The molecule has 0 spiro atoms. The summed E-state index contributed by atoms with van der Waals surface area (Å²) in [6, 6.07) is 12.4. The molecule has 0 bridgehead atoms. The SMILES string of the molecule is CCc1ccc(S(=O)(=O)NC(CCC(=O)O)Cc2ccccc2)s1. The van der Waals surface area contributed by atoms with Gasteiger partial charge >= 0.3 is 5.97 Å². The second-order valence-electron chi connectivity index (χ2n) is 5.51. The summed E-state index contributed by atoms with van der Waals surface area (Å²) in [7, 11) is -3.64. The summed E-state index contributed by atoms with van der Waals surface area (Å²) in [5.41, 5.74) is 0.969. The molecule has 0 radical (unpaired) electrons. The van der Waals surface area contributed by atoms with E-state index in [1.807, 2.05) is 43.3 Å². The van der Waals surface area contributed by atoms with Crippen LogP contribution < -0.4 is 4.72 Å². The molecule has 5 nitrogen and oxygen atoms in total. The van der Waals surface area contributed by atoms with Crippen molar-refractivity contribution in [2.24, 2.45) is 0 Å². The summed E-state index contributed by atoms with van der Waals surface area (Å²) >= 11 is 1.25. The lowest BCUT2D eigenvalue weighted by Gasteiger charge is -2.17. The minimum Gasteiger partial charge on any atom is -0.481 e. The van der Waals surface area contributed by atoms with Crippen LogP contribution in [0, 0.1) is 0 Å². The van der Waals surface area contributed by atoms with Gasteiger partial charge in [0, 0.05) is 17.3 Å². The molecule has 130 valence electrons. The molecule has 0 aliphatic heterocycles. The molecular formula is C17H21NO4S2. The van der Waals surface area contributed by atoms with Gasteiger partial charge in [-0.05, 0) is 37.0 Å². The van der Waals surface area contributed by atoms with Crippen LogP contribution in [0.5, 0.6) is 0 Å². The lowest BCUT2D eigenvalue weighted by atomic mass is 10.0. The lowest BCUT2D eigenvalue weighted by molar-refractivity contribution is -0.137. The van der Waals surface area contributed by atoms with E-state index in [-0.39, 0.29) is 17.1 Å². The maximum atomic E-state index is 12.6.